The van der Waals surface area contributed by atoms with Crippen molar-refractivity contribution in [3.05, 3.63) is 34.9 Å². The molecule has 4 heteroatoms. The summed E-state index contributed by atoms with van der Waals surface area (Å²) in [6.45, 7) is 4.58. The van der Waals surface area contributed by atoms with E-state index in [9.17, 15) is 19.8 Å². The van der Waals surface area contributed by atoms with Crippen molar-refractivity contribution in [2.75, 3.05) is 0 Å². The van der Waals surface area contributed by atoms with Crippen LogP contribution in [0, 0.1) is 5.92 Å². The number of carbonyl (C=O) groups is 2. The van der Waals surface area contributed by atoms with Crippen LogP contribution in [-0.4, -0.2) is 22.2 Å². The molecule has 0 bridgehead atoms. The first-order valence-corrected chi connectivity index (χ1v) is 11.0. The first-order valence-electron chi connectivity index (χ1n) is 11.0. The van der Waals surface area contributed by atoms with E-state index in [4.69, 9.17) is 0 Å². The molecule has 4 nitrogen and oxygen atoms in total. The van der Waals surface area contributed by atoms with Crippen molar-refractivity contribution >= 4 is 11.9 Å². The molecule has 0 amide bonds. The van der Waals surface area contributed by atoms with E-state index in [1.54, 1.807) is 12.1 Å². The molecule has 0 unspecified atom stereocenters. The molecule has 1 rings (SSSR count). The van der Waals surface area contributed by atoms with Crippen LogP contribution in [0.4, 0.5) is 0 Å². The molecule has 0 aliphatic rings. The number of carboxylic acids is 2. The van der Waals surface area contributed by atoms with Crippen molar-refractivity contribution < 1.29 is 19.8 Å². The van der Waals surface area contributed by atoms with Gasteiger partial charge in [0.1, 0.15) is 0 Å². The van der Waals surface area contributed by atoms with Gasteiger partial charge in [0, 0.05) is 0 Å². The normalized spacial score (nSPS) is 11.1. The Morgan fingerprint density at radius 3 is 1.71 bits per heavy atom. The van der Waals surface area contributed by atoms with Gasteiger partial charge in [-0.15, -0.1) is 0 Å². The van der Waals surface area contributed by atoms with Crippen molar-refractivity contribution in [3.63, 3.8) is 0 Å². The zero-order chi connectivity index (χ0) is 20.8. The summed E-state index contributed by atoms with van der Waals surface area (Å²) in [5.41, 5.74) is 0.461. The Morgan fingerprint density at radius 2 is 1.25 bits per heavy atom. The Kier molecular flexibility index (Phi) is 12.3. The predicted molar refractivity (Wildman–Crippen MR) is 114 cm³/mol. The molecule has 158 valence electrons. The fourth-order valence-corrected chi connectivity index (χ4v) is 3.70. The standard InChI is InChI=1S/C24H38O4/c1-19(2)15-12-10-8-6-4-3-5-7-9-11-13-16-20-17-14-18-21(23(25)26)22(20)24(27)28/h14,17-19H,3-13,15-16H2,1-2H3,(H,25,26)(H,27,28). The van der Waals surface area contributed by atoms with Gasteiger partial charge in [-0.3, -0.25) is 0 Å². The Labute approximate surface area is 170 Å². The summed E-state index contributed by atoms with van der Waals surface area (Å²) in [6.07, 6.45) is 15.7. The van der Waals surface area contributed by atoms with Gasteiger partial charge in [0.05, 0.1) is 11.1 Å². The highest BCUT2D eigenvalue weighted by molar-refractivity contribution is 6.02. The lowest BCUT2D eigenvalue weighted by Gasteiger charge is -2.09. The molecule has 28 heavy (non-hydrogen) atoms. The molecule has 2 N–H and O–H groups in total. The molecule has 0 atom stereocenters. The predicted octanol–water partition coefficient (Wildman–Crippen LogP) is 6.96. The Hall–Kier alpha value is -1.84. The van der Waals surface area contributed by atoms with E-state index in [1.165, 1.54) is 63.9 Å². The Morgan fingerprint density at radius 1 is 0.750 bits per heavy atom. The average Bonchev–Trinajstić information content (AvgIpc) is 2.64. The number of benzene rings is 1. The monoisotopic (exact) mass is 390 g/mol. The van der Waals surface area contributed by atoms with Gasteiger partial charge in [-0.05, 0) is 30.4 Å². The van der Waals surface area contributed by atoms with Crippen LogP contribution in [0.15, 0.2) is 18.2 Å². The quantitative estimate of drug-likeness (QED) is 0.299. The van der Waals surface area contributed by atoms with Gasteiger partial charge in [-0.25, -0.2) is 9.59 Å². The molecule has 1 aromatic carbocycles. The van der Waals surface area contributed by atoms with E-state index in [1.807, 2.05) is 0 Å². The van der Waals surface area contributed by atoms with Gasteiger partial charge in [0.2, 0.25) is 0 Å². The van der Waals surface area contributed by atoms with E-state index in [0.29, 0.717) is 12.0 Å². The van der Waals surface area contributed by atoms with Gasteiger partial charge in [0.25, 0.3) is 0 Å². The van der Waals surface area contributed by atoms with Crippen LogP contribution < -0.4 is 0 Å². The fourth-order valence-electron chi connectivity index (χ4n) is 3.70. The number of hydrogen-bond acceptors (Lipinski definition) is 2. The van der Waals surface area contributed by atoms with Crippen molar-refractivity contribution in [3.8, 4) is 0 Å². The molecule has 0 aromatic heterocycles. The van der Waals surface area contributed by atoms with E-state index in [-0.39, 0.29) is 11.1 Å². The minimum Gasteiger partial charge on any atom is -0.478 e. The van der Waals surface area contributed by atoms with Gasteiger partial charge in [-0.2, -0.15) is 0 Å². The number of unbranched alkanes of at least 4 members (excludes halogenated alkanes) is 10. The largest absolute Gasteiger partial charge is 0.478 e. The maximum Gasteiger partial charge on any atom is 0.336 e. The first-order chi connectivity index (χ1) is 13.4. The molecule has 0 saturated carbocycles. The van der Waals surface area contributed by atoms with Crippen LogP contribution in [0.2, 0.25) is 0 Å². The Balaban J connectivity index is 2.12. The van der Waals surface area contributed by atoms with E-state index in [0.717, 1.165) is 25.2 Å². The zero-order valence-electron chi connectivity index (χ0n) is 17.7. The summed E-state index contributed by atoms with van der Waals surface area (Å²) in [4.78, 5) is 22.6. The lowest BCUT2D eigenvalue weighted by Crippen LogP contribution is -2.11. The third kappa shape index (κ3) is 9.91. The van der Waals surface area contributed by atoms with Crippen LogP contribution in [0.3, 0.4) is 0 Å². The molecule has 0 aliphatic carbocycles. The van der Waals surface area contributed by atoms with E-state index in [2.05, 4.69) is 13.8 Å². The highest BCUT2D eigenvalue weighted by atomic mass is 16.4. The maximum absolute atomic E-state index is 11.4. The smallest absolute Gasteiger partial charge is 0.336 e. The zero-order valence-corrected chi connectivity index (χ0v) is 17.7. The van der Waals surface area contributed by atoms with Crippen molar-refractivity contribution in [1.82, 2.24) is 0 Å². The van der Waals surface area contributed by atoms with Gasteiger partial charge in [-0.1, -0.05) is 96.6 Å². The number of rotatable bonds is 16. The van der Waals surface area contributed by atoms with Gasteiger partial charge < -0.3 is 10.2 Å². The summed E-state index contributed by atoms with van der Waals surface area (Å²) in [6, 6.07) is 4.73. The fraction of sp³-hybridized carbons (Fsp3) is 0.667. The second-order valence-electron chi connectivity index (χ2n) is 8.27. The van der Waals surface area contributed by atoms with Crippen molar-refractivity contribution in [2.24, 2.45) is 5.92 Å². The molecular weight excluding hydrogens is 352 g/mol. The Bertz CT molecular complexity index is 592. The lowest BCUT2D eigenvalue weighted by molar-refractivity contribution is 0.0650. The summed E-state index contributed by atoms with van der Waals surface area (Å²) in [5, 5.41) is 18.5. The molecule has 0 fully saturated rings. The second-order valence-corrected chi connectivity index (χ2v) is 8.27. The van der Waals surface area contributed by atoms with Crippen LogP contribution >= 0.6 is 0 Å². The number of aryl methyl sites for hydroxylation is 1. The number of aromatic carboxylic acids is 2. The third-order valence-corrected chi connectivity index (χ3v) is 5.32. The van der Waals surface area contributed by atoms with Crippen LogP contribution in [0.1, 0.15) is 117 Å². The average molecular weight is 391 g/mol. The summed E-state index contributed by atoms with van der Waals surface area (Å²) >= 11 is 0. The first kappa shape index (κ1) is 24.2. The summed E-state index contributed by atoms with van der Waals surface area (Å²) in [5.74, 6) is -1.51. The van der Waals surface area contributed by atoms with Crippen LogP contribution in [0.25, 0.3) is 0 Å². The molecule has 0 saturated heterocycles. The molecule has 0 aliphatic heterocycles. The van der Waals surface area contributed by atoms with E-state index >= 15 is 0 Å². The molecule has 0 heterocycles. The minimum absolute atomic E-state index is 0.0524. The topological polar surface area (TPSA) is 74.6 Å². The maximum atomic E-state index is 11.4. The molecular formula is C24H38O4. The lowest BCUT2D eigenvalue weighted by atomic mass is 9.96. The minimum atomic E-state index is -1.18. The van der Waals surface area contributed by atoms with Crippen LogP contribution in [0.5, 0.6) is 0 Å². The third-order valence-electron chi connectivity index (χ3n) is 5.32. The molecule has 1 aromatic rings. The highest BCUT2D eigenvalue weighted by Gasteiger charge is 2.19. The summed E-state index contributed by atoms with van der Waals surface area (Å²) < 4.78 is 0. The van der Waals surface area contributed by atoms with Gasteiger partial charge >= 0.3 is 11.9 Å². The second kappa shape index (κ2) is 14.2. The van der Waals surface area contributed by atoms with Crippen molar-refractivity contribution in [2.45, 2.75) is 97.3 Å². The van der Waals surface area contributed by atoms with Crippen molar-refractivity contribution in [1.29, 1.82) is 0 Å². The van der Waals surface area contributed by atoms with Gasteiger partial charge in [0.15, 0.2) is 0 Å². The SMILES string of the molecule is CC(C)CCCCCCCCCCCCCc1cccc(C(=O)O)c1C(=O)O. The van der Waals surface area contributed by atoms with E-state index < -0.39 is 11.9 Å². The highest BCUT2D eigenvalue weighted by Crippen LogP contribution is 2.19. The molecule has 0 radical (unpaired) electrons. The number of carboxylic acid groups (broad SMARTS) is 2. The summed E-state index contributed by atoms with van der Waals surface area (Å²) in [7, 11) is 0. The van der Waals surface area contributed by atoms with Crippen LogP contribution in [-0.2, 0) is 6.42 Å². The molecule has 0 spiro atoms. The number of hydrogen-bond donors (Lipinski definition) is 2.